The van der Waals surface area contributed by atoms with E-state index in [0.717, 1.165) is 17.1 Å². The molecule has 0 saturated carbocycles. The van der Waals surface area contributed by atoms with Gasteiger partial charge < -0.3 is 9.47 Å². The highest BCUT2D eigenvalue weighted by Gasteiger charge is 2.28. The van der Waals surface area contributed by atoms with E-state index in [4.69, 9.17) is 0 Å². The van der Waals surface area contributed by atoms with Crippen molar-refractivity contribution in [2.45, 2.75) is 66.2 Å². The highest BCUT2D eigenvalue weighted by Crippen LogP contribution is 2.45. The number of hydrogen-bond acceptors (Lipinski definition) is 1. The molecular weight excluding hydrogens is 653 g/mol. The fourth-order valence-corrected chi connectivity index (χ4v) is 9.15. The molecule has 0 aliphatic rings. The second-order valence-electron chi connectivity index (χ2n) is 17.1. The molecule has 0 saturated heterocycles. The normalized spacial score (nSPS) is 12.4. The third-order valence-corrected chi connectivity index (χ3v) is 11.5. The van der Waals surface area contributed by atoms with Crippen LogP contribution in [-0.4, -0.2) is 4.57 Å². The average molecular weight is 701 g/mol. The minimum absolute atomic E-state index is 0.00933. The number of para-hydroxylation sites is 1. The molecule has 0 amide bonds. The molecule has 2 nitrogen and oxygen atoms in total. The molecule has 1 aromatic heterocycles. The van der Waals surface area contributed by atoms with Gasteiger partial charge in [0.15, 0.2) is 0 Å². The van der Waals surface area contributed by atoms with Crippen LogP contribution in [0.3, 0.4) is 0 Å². The molecule has 54 heavy (non-hydrogen) atoms. The number of aryl methyl sites for hydroxylation is 1. The van der Waals surface area contributed by atoms with Crippen molar-refractivity contribution in [1.82, 2.24) is 4.57 Å². The molecule has 1 heterocycles. The molecule has 266 valence electrons. The average Bonchev–Trinajstić information content (AvgIpc) is 3.41. The number of fused-ring (bicyclic) bond motifs is 6. The lowest BCUT2D eigenvalue weighted by Gasteiger charge is -2.30. The summed E-state index contributed by atoms with van der Waals surface area (Å²) in [5, 5.41) is 11.7. The molecule has 0 spiro atoms. The third kappa shape index (κ3) is 5.38. The maximum atomic E-state index is 2.49. The van der Waals surface area contributed by atoms with Crippen LogP contribution in [0.4, 0.5) is 17.1 Å². The van der Waals surface area contributed by atoms with Crippen LogP contribution in [0, 0.1) is 13.8 Å². The molecule has 0 aliphatic carbocycles. The number of benzene rings is 8. The molecule has 0 atom stereocenters. The van der Waals surface area contributed by atoms with Gasteiger partial charge in [-0.05, 0) is 139 Å². The second kappa shape index (κ2) is 12.4. The fourth-order valence-electron chi connectivity index (χ4n) is 9.15. The first kappa shape index (κ1) is 33.9. The summed E-state index contributed by atoms with van der Waals surface area (Å²) < 4.78 is 2.49. The van der Waals surface area contributed by atoms with Crippen LogP contribution in [0.5, 0.6) is 0 Å². The zero-order valence-electron chi connectivity index (χ0n) is 32.8. The van der Waals surface area contributed by atoms with E-state index < -0.39 is 0 Å². The largest absolute Gasteiger partial charge is 0.314 e. The van der Waals surface area contributed by atoms with Gasteiger partial charge in [0.1, 0.15) is 0 Å². The Morgan fingerprint density at radius 2 is 0.963 bits per heavy atom. The SMILES string of the molecule is Cc1c(C)n(-c2ccc3c(C(C)(C)C)c4ccccc4c(C(C)(C)C)c3c2)c2ccc3cc(N(c4ccccc4)c4ccc5ccccc5c4)ccc3c12. The summed E-state index contributed by atoms with van der Waals surface area (Å²) in [6.07, 6.45) is 0. The van der Waals surface area contributed by atoms with Crippen LogP contribution in [0.15, 0.2) is 146 Å². The molecule has 9 aromatic rings. The summed E-state index contributed by atoms with van der Waals surface area (Å²) in [4.78, 5) is 2.37. The first-order valence-electron chi connectivity index (χ1n) is 19.3. The summed E-state index contributed by atoms with van der Waals surface area (Å²) in [6.45, 7) is 18.7. The molecule has 0 aliphatic heterocycles. The first-order valence-corrected chi connectivity index (χ1v) is 19.3. The molecule has 2 heteroatoms. The molecule has 0 bridgehead atoms. The summed E-state index contributed by atoms with van der Waals surface area (Å²) in [5.41, 5.74) is 11.3. The van der Waals surface area contributed by atoms with Gasteiger partial charge in [-0.2, -0.15) is 0 Å². The molecule has 0 fully saturated rings. The van der Waals surface area contributed by atoms with Crippen molar-refractivity contribution in [2.75, 3.05) is 4.90 Å². The Balaban J connectivity index is 1.24. The number of rotatable bonds is 4. The minimum Gasteiger partial charge on any atom is -0.314 e. The van der Waals surface area contributed by atoms with Crippen LogP contribution in [-0.2, 0) is 10.8 Å². The quantitative estimate of drug-likeness (QED) is 0.166. The van der Waals surface area contributed by atoms with E-state index in [1.54, 1.807) is 0 Å². The van der Waals surface area contributed by atoms with E-state index in [1.165, 1.54) is 82.1 Å². The predicted octanol–water partition coefficient (Wildman–Crippen LogP) is 14.9. The Hall–Kier alpha value is -5.86. The molecule has 0 unspecified atom stereocenters. The lowest BCUT2D eigenvalue weighted by Crippen LogP contribution is -2.17. The van der Waals surface area contributed by atoms with E-state index in [1.807, 2.05) is 0 Å². The standard InChI is InChI=1S/C52H48N2/c1-33-34(2)53(41-26-28-45-46(32-41)50(52(6,7)8)44-21-15-14-20-43(44)49(45)51(3,4)5)47-29-23-37-31-40(25-27-42(37)48(33)47)54(38-18-10-9-11-19-38)39-24-22-35-16-12-13-17-36(35)30-39/h9-32H,1-8H3. The monoisotopic (exact) mass is 700 g/mol. The van der Waals surface area contributed by atoms with Crippen molar-refractivity contribution in [1.29, 1.82) is 0 Å². The van der Waals surface area contributed by atoms with E-state index >= 15 is 0 Å². The van der Waals surface area contributed by atoms with Gasteiger partial charge in [-0.25, -0.2) is 0 Å². The topological polar surface area (TPSA) is 8.17 Å². The van der Waals surface area contributed by atoms with Gasteiger partial charge in [-0.15, -0.1) is 0 Å². The van der Waals surface area contributed by atoms with E-state index in [-0.39, 0.29) is 10.8 Å². The number of anilines is 3. The van der Waals surface area contributed by atoms with Crippen LogP contribution >= 0.6 is 0 Å². The van der Waals surface area contributed by atoms with E-state index in [9.17, 15) is 0 Å². The third-order valence-electron chi connectivity index (χ3n) is 11.5. The van der Waals surface area contributed by atoms with Gasteiger partial charge in [-0.1, -0.05) is 133 Å². The second-order valence-corrected chi connectivity index (χ2v) is 17.1. The van der Waals surface area contributed by atoms with Crippen molar-refractivity contribution in [3.05, 3.63) is 168 Å². The van der Waals surface area contributed by atoms with E-state index in [0.29, 0.717) is 0 Å². The molecule has 8 aromatic carbocycles. The molecule has 0 radical (unpaired) electrons. The predicted molar refractivity (Wildman–Crippen MR) is 235 cm³/mol. The number of aromatic nitrogens is 1. The maximum absolute atomic E-state index is 2.49. The molecule has 9 rings (SSSR count). The number of nitrogens with zero attached hydrogens (tertiary/aromatic N) is 2. The van der Waals surface area contributed by atoms with Crippen molar-refractivity contribution in [3.63, 3.8) is 0 Å². The van der Waals surface area contributed by atoms with Crippen molar-refractivity contribution in [2.24, 2.45) is 0 Å². The van der Waals surface area contributed by atoms with Crippen LogP contribution in [0.1, 0.15) is 63.9 Å². The Morgan fingerprint density at radius 3 is 1.65 bits per heavy atom. The minimum atomic E-state index is -0.0367. The van der Waals surface area contributed by atoms with Crippen molar-refractivity contribution < 1.29 is 0 Å². The van der Waals surface area contributed by atoms with Gasteiger partial charge >= 0.3 is 0 Å². The van der Waals surface area contributed by atoms with E-state index in [2.05, 4.69) is 210 Å². The lowest BCUT2D eigenvalue weighted by atomic mass is 9.74. The smallest absolute Gasteiger partial charge is 0.0540 e. The Morgan fingerprint density at radius 1 is 0.426 bits per heavy atom. The van der Waals surface area contributed by atoms with Crippen molar-refractivity contribution >= 4 is 71.1 Å². The Kier molecular flexibility index (Phi) is 7.76. The van der Waals surface area contributed by atoms with Crippen molar-refractivity contribution in [3.8, 4) is 5.69 Å². The van der Waals surface area contributed by atoms with Gasteiger partial charge in [-0.3, -0.25) is 0 Å². The van der Waals surface area contributed by atoms with Gasteiger partial charge in [0.05, 0.1) is 5.52 Å². The summed E-state index contributed by atoms with van der Waals surface area (Å²) >= 11 is 0. The van der Waals surface area contributed by atoms with Gasteiger partial charge in [0.2, 0.25) is 0 Å². The molecular formula is C52H48N2. The Labute approximate surface area is 319 Å². The van der Waals surface area contributed by atoms with Crippen LogP contribution < -0.4 is 4.90 Å². The summed E-state index contributed by atoms with van der Waals surface area (Å²) in [6, 6.07) is 53.9. The Bertz CT molecular complexity index is 2910. The highest BCUT2D eigenvalue weighted by atomic mass is 15.1. The van der Waals surface area contributed by atoms with Gasteiger partial charge in [0, 0.05) is 33.8 Å². The lowest BCUT2D eigenvalue weighted by molar-refractivity contribution is 0.593. The zero-order valence-corrected chi connectivity index (χ0v) is 32.8. The van der Waals surface area contributed by atoms with Gasteiger partial charge in [0.25, 0.3) is 0 Å². The van der Waals surface area contributed by atoms with Crippen LogP contribution in [0.25, 0.3) is 59.7 Å². The first-order chi connectivity index (χ1) is 25.9. The maximum Gasteiger partial charge on any atom is 0.0540 e. The molecule has 0 N–H and O–H groups in total. The summed E-state index contributed by atoms with van der Waals surface area (Å²) in [5.74, 6) is 0. The number of hydrogen-bond donors (Lipinski definition) is 0. The zero-order chi connectivity index (χ0) is 37.5. The summed E-state index contributed by atoms with van der Waals surface area (Å²) in [7, 11) is 0. The highest BCUT2D eigenvalue weighted by molar-refractivity contribution is 6.12. The van der Waals surface area contributed by atoms with Crippen LogP contribution in [0.2, 0.25) is 0 Å². The fraction of sp³-hybridized carbons (Fsp3) is 0.192.